The molecule has 2 unspecified atom stereocenters. The zero-order valence-electron chi connectivity index (χ0n) is 21.6. The number of methoxy groups -OCH3 is 3. The van der Waals surface area contributed by atoms with Crippen LogP contribution in [-0.4, -0.2) is 85.3 Å². The first-order chi connectivity index (χ1) is 17.7. The van der Waals surface area contributed by atoms with E-state index in [9.17, 15) is 0 Å². The van der Waals surface area contributed by atoms with Crippen molar-refractivity contribution in [2.45, 2.75) is 31.5 Å². The molecule has 0 bridgehead atoms. The Balaban J connectivity index is 0.00000320. The van der Waals surface area contributed by atoms with E-state index in [-0.39, 0.29) is 24.6 Å². The molecule has 200 valence electrons. The lowest BCUT2D eigenvalue weighted by Crippen LogP contribution is -2.48. The van der Waals surface area contributed by atoms with Crippen molar-refractivity contribution in [3.8, 4) is 17.2 Å². The van der Waals surface area contributed by atoms with E-state index in [0.717, 1.165) is 62.8 Å². The molecule has 3 aromatic rings. The van der Waals surface area contributed by atoms with Crippen molar-refractivity contribution in [1.82, 2.24) is 25.1 Å². The number of ether oxygens (including phenoxy) is 4. The minimum Gasteiger partial charge on any atom is -0.497 e. The summed E-state index contributed by atoms with van der Waals surface area (Å²) >= 11 is 0. The van der Waals surface area contributed by atoms with E-state index in [1.807, 2.05) is 28.9 Å². The van der Waals surface area contributed by atoms with Crippen LogP contribution in [0.5, 0.6) is 17.2 Å². The summed E-state index contributed by atoms with van der Waals surface area (Å²) in [6.45, 7) is 4.95. The molecular formula is C26H35ClN6O4. The largest absolute Gasteiger partial charge is 0.497 e. The van der Waals surface area contributed by atoms with Crippen molar-refractivity contribution >= 4 is 18.1 Å². The number of aromatic nitrogens is 4. The van der Waals surface area contributed by atoms with Gasteiger partial charge >= 0.3 is 0 Å². The van der Waals surface area contributed by atoms with Gasteiger partial charge in [0.05, 0.1) is 40.0 Å². The number of nitrogens with zero attached hydrogens (tertiary/aromatic N) is 6. The second kappa shape index (κ2) is 12.4. The molecule has 0 saturated carbocycles. The first kappa shape index (κ1) is 27.0. The highest BCUT2D eigenvalue weighted by molar-refractivity contribution is 5.85. The highest BCUT2D eigenvalue weighted by Crippen LogP contribution is 2.35. The number of hydrogen-bond acceptors (Lipinski definition) is 9. The maximum absolute atomic E-state index is 5.88. The molecule has 3 heterocycles. The average molecular weight is 531 g/mol. The van der Waals surface area contributed by atoms with Crippen LogP contribution in [0.4, 0.5) is 5.69 Å². The quantitative estimate of drug-likeness (QED) is 0.414. The van der Waals surface area contributed by atoms with Crippen LogP contribution in [-0.2, 0) is 11.3 Å². The second-order valence-electron chi connectivity index (χ2n) is 9.09. The topological polar surface area (TPSA) is 87.0 Å². The predicted octanol–water partition coefficient (Wildman–Crippen LogP) is 3.21. The molecule has 5 rings (SSSR count). The van der Waals surface area contributed by atoms with Gasteiger partial charge in [-0.05, 0) is 65.2 Å². The number of benzene rings is 2. The van der Waals surface area contributed by atoms with E-state index in [2.05, 4.69) is 43.5 Å². The first-order valence-corrected chi connectivity index (χ1v) is 12.4. The summed E-state index contributed by atoms with van der Waals surface area (Å²) < 4.78 is 24.2. The second-order valence-corrected chi connectivity index (χ2v) is 9.09. The Labute approximate surface area is 223 Å². The molecular weight excluding hydrogens is 496 g/mol. The van der Waals surface area contributed by atoms with Gasteiger partial charge in [0.1, 0.15) is 5.75 Å². The highest BCUT2D eigenvalue weighted by Gasteiger charge is 2.32. The molecule has 2 aromatic carbocycles. The number of tetrazole rings is 1. The summed E-state index contributed by atoms with van der Waals surface area (Å²) in [6.07, 6.45) is 2.25. The molecule has 2 aliphatic rings. The molecule has 0 N–H and O–H groups in total. The molecule has 0 radical (unpaired) electrons. The maximum atomic E-state index is 5.88. The average Bonchev–Trinajstić information content (AvgIpc) is 3.62. The fraction of sp³-hybridized carbons (Fsp3) is 0.500. The Hall–Kier alpha value is -3.08. The van der Waals surface area contributed by atoms with E-state index in [1.54, 1.807) is 21.3 Å². The summed E-state index contributed by atoms with van der Waals surface area (Å²) in [5, 5.41) is 12.9. The summed E-state index contributed by atoms with van der Waals surface area (Å²) in [5.74, 6) is 3.07. The van der Waals surface area contributed by atoms with Crippen LogP contribution in [0.2, 0.25) is 0 Å². The predicted molar refractivity (Wildman–Crippen MR) is 142 cm³/mol. The van der Waals surface area contributed by atoms with Crippen LogP contribution in [0.1, 0.15) is 30.3 Å². The summed E-state index contributed by atoms with van der Waals surface area (Å²) in [5.41, 5.74) is 2.26. The van der Waals surface area contributed by atoms with Crippen molar-refractivity contribution in [3.05, 3.63) is 53.9 Å². The zero-order chi connectivity index (χ0) is 24.9. The lowest BCUT2D eigenvalue weighted by Gasteiger charge is -2.40. The van der Waals surface area contributed by atoms with Gasteiger partial charge in [-0.1, -0.05) is 6.07 Å². The third kappa shape index (κ3) is 5.92. The Morgan fingerprint density at radius 2 is 1.70 bits per heavy atom. The summed E-state index contributed by atoms with van der Waals surface area (Å²) in [4.78, 5) is 4.84. The van der Waals surface area contributed by atoms with Gasteiger partial charge in [-0.3, -0.25) is 4.90 Å². The van der Waals surface area contributed by atoms with Crippen molar-refractivity contribution < 1.29 is 18.9 Å². The standard InChI is InChI=1S/C26H34N6O4.ClH/c1-33-21-9-7-20(8-10-21)30-12-14-31(15-13-30)25(19-6-11-23(34-2)24(17-19)35-3)26-27-28-29-32(26)18-22-5-4-16-36-22;/h6-11,17,22,25H,4-5,12-16,18H2,1-3H3;1H. The minimum absolute atomic E-state index is 0. The molecule has 10 nitrogen and oxygen atoms in total. The van der Waals surface area contributed by atoms with Crippen LogP contribution >= 0.6 is 12.4 Å². The van der Waals surface area contributed by atoms with Crippen LogP contribution < -0.4 is 19.1 Å². The maximum Gasteiger partial charge on any atom is 0.173 e. The van der Waals surface area contributed by atoms with E-state index in [0.29, 0.717) is 18.0 Å². The van der Waals surface area contributed by atoms with E-state index >= 15 is 0 Å². The molecule has 2 fully saturated rings. The number of rotatable bonds is 9. The first-order valence-electron chi connectivity index (χ1n) is 12.4. The fourth-order valence-corrected chi connectivity index (χ4v) is 5.10. The fourth-order valence-electron chi connectivity index (χ4n) is 5.10. The number of piperazine rings is 1. The monoisotopic (exact) mass is 530 g/mol. The smallest absolute Gasteiger partial charge is 0.173 e. The van der Waals surface area contributed by atoms with Crippen LogP contribution in [0.15, 0.2) is 42.5 Å². The minimum atomic E-state index is -0.126. The van der Waals surface area contributed by atoms with Gasteiger partial charge in [0.25, 0.3) is 0 Å². The van der Waals surface area contributed by atoms with Crippen molar-refractivity contribution in [2.24, 2.45) is 0 Å². The SMILES string of the molecule is COc1ccc(N2CCN(C(c3ccc(OC)c(OC)c3)c3nnnn3CC3CCCO3)CC2)cc1.Cl. The Kier molecular flexibility index (Phi) is 9.07. The molecule has 0 aliphatic carbocycles. The van der Waals surface area contributed by atoms with Crippen LogP contribution in [0, 0.1) is 0 Å². The van der Waals surface area contributed by atoms with Crippen LogP contribution in [0.25, 0.3) is 0 Å². The van der Waals surface area contributed by atoms with E-state index in [4.69, 9.17) is 18.9 Å². The molecule has 37 heavy (non-hydrogen) atoms. The molecule has 2 saturated heterocycles. The number of hydrogen-bond donors (Lipinski definition) is 0. The van der Waals surface area contributed by atoms with Crippen molar-refractivity contribution in [2.75, 3.05) is 59.0 Å². The Morgan fingerprint density at radius 1 is 0.946 bits per heavy atom. The molecule has 11 heteroatoms. The van der Waals surface area contributed by atoms with Crippen molar-refractivity contribution in [3.63, 3.8) is 0 Å². The molecule has 2 aliphatic heterocycles. The molecule has 0 amide bonds. The Morgan fingerprint density at radius 3 is 2.35 bits per heavy atom. The third-order valence-corrected chi connectivity index (χ3v) is 7.05. The van der Waals surface area contributed by atoms with Crippen molar-refractivity contribution in [1.29, 1.82) is 0 Å². The van der Waals surface area contributed by atoms with Gasteiger partial charge in [0, 0.05) is 38.5 Å². The van der Waals surface area contributed by atoms with Gasteiger partial charge in [0.15, 0.2) is 17.3 Å². The zero-order valence-corrected chi connectivity index (χ0v) is 22.4. The lowest BCUT2D eigenvalue weighted by molar-refractivity contribution is 0.0906. The normalized spacial score (nSPS) is 18.8. The number of halogens is 1. The number of anilines is 1. The van der Waals surface area contributed by atoms with E-state index < -0.39 is 0 Å². The molecule has 2 atom stereocenters. The van der Waals surface area contributed by atoms with Crippen LogP contribution in [0.3, 0.4) is 0 Å². The third-order valence-electron chi connectivity index (χ3n) is 7.05. The van der Waals surface area contributed by atoms with Gasteiger partial charge < -0.3 is 23.8 Å². The Bertz CT molecular complexity index is 1130. The van der Waals surface area contributed by atoms with Gasteiger partial charge in [-0.15, -0.1) is 17.5 Å². The molecule has 0 spiro atoms. The van der Waals surface area contributed by atoms with E-state index in [1.165, 1.54) is 5.69 Å². The molecule has 1 aromatic heterocycles. The highest BCUT2D eigenvalue weighted by atomic mass is 35.5. The summed E-state index contributed by atoms with van der Waals surface area (Å²) in [7, 11) is 5.00. The van der Waals surface area contributed by atoms with Gasteiger partial charge in [0.2, 0.25) is 0 Å². The summed E-state index contributed by atoms with van der Waals surface area (Å²) in [6, 6.07) is 14.2. The van der Waals surface area contributed by atoms with Gasteiger partial charge in [-0.2, -0.15) is 0 Å². The lowest BCUT2D eigenvalue weighted by atomic mass is 10.0. The van der Waals surface area contributed by atoms with Gasteiger partial charge in [-0.25, -0.2) is 4.68 Å².